The van der Waals surface area contributed by atoms with Gasteiger partial charge in [-0.3, -0.25) is 4.79 Å². The molecular formula is C24H24N2O4S. The molecule has 1 fully saturated rings. The Labute approximate surface area is 185 Å². The lowest BCUT2D eigenvalue weighted by molar-refractivity contribution is 0.0729. The largest absolute Gasteiger partial charge is 0.486 e. The fourth-order valence-corrected chi connectivity index (χ4v) is 4.70. The lowest BCUT2D eigenvalue weighted by Crippen LogP contribution is -2.31. The Balaban J connectivity index is 1.27. The van der Waals surface area contributed by atoms with E-state index in [0.717, 1.165) is 47.2 Å². The highest BCUT2D eigenvalue weighted by Crippen LogP contribution is 2.38. The highest BCUT2D eigenvalue weighted by atomic mass is 32.1. The van der Waals surface area contributed by atoms with E-state index in [1.165, 1.54) is 16.9 Å². The third kappa shape index (κ3) is 4.23. The van der Waals surface area contributed by atoms with Crippen LogP contribution in [0.3, 0.4) is 0 Å². The van der Waals surface area contributed by atoms with Crippen molar-refractivity contribution in [1.29, 1.82) is 0 Å². The Hall–Kier alpha value is -3.06. The second-order valence-electron chi connectivity index (χ2n) is 7.79. The molecule has 31 heavy (non-hydrogen) atoms. The molecule has 3 heterocycles. The van der Waals surface area contributed by atoms with Gasteiger partial charge < -0.3 is 19.1 Å². The Bertz CT molecular complexity index is 1080. The van der Waals surface area contributed by atoms with E-state index >= 15 is 0 Å². The van der Waals surface area contributed by atoms with Crippen LogP contribution < -0.4 is 14.2 Å². The predicted octanol–water partition coefficient (Wildman–Crippen LogP) is 4.78. The minimum absolute atomic E-state index is 0.0253. The molecule has 0 saturated carbocycles. The van der Waals surface area contributed by atoms with Gasteiger partial charge in [0.15, 0.2) is 11.5 Å². The van der Waals surface area contributed by atoms with Crippen LogP contribution in [0.15, 0.2) is 47.8 Å². The number of amides is 1. The molecule has 0 radical (unpaired) electrons. The number of hydrogen-bond acceptors (Lipinski definition) is 6. The molecule has 7 heteroatoms. The van der Waals surface area contributed by atoms with E-state index in [-0.39, 0.29) is 11.9 Å². The van der Waals surface area contributed by atoms with E-state index in [0.29, 0.717) is 25.5 Å². The van der Waals surface area contributed by atoms with Crippen LogP contribution in [0.25, 0.3) is 0 Å². The summed E-state index contributed by atoms with van der Waals surface area (Å²) in [5.74, 6) is 2.29. The van der Waals surface area contributed by atoms with Crippen LogP contribution in [0, 0.1) is 6.92 Å². The summed E-state index contributed by atoms with van der Waals surface area (Å²) < 4.78 is 17.2. The van der Waals surface area contributed by atoms with Crippen molar-refractivity contribution < 1.29 is 19.0 Å². The standard InChI is InChI=1S/C24H24N2O4S/c1-16-4-7-18(8-5-16)30-14-23-25-19(15-31-23)24(27)26-10-2-3-20(26)17-6-9-21-22(13-17)29-12-11-28-21/h4-9,13,15,20H,2-3,10-12,14H2,1H3/t20-/m1/s1. The molecule has 1 amide bonds. The molecular weight excluding hydrogens is 412 g/mol. The number of fused-ring (bicyclic) bond motifs is 1. The first-order valence-electron chi connectivity index (χ1n) is 10.5. The smallest absolute Gasteiger partial charge is 0.273 e. The Morgan fingerprint density at radius 1 is 1.16 bits per heavy atom. The van der Waals surface area contributed by atoms with Gasteiger partial charge in [0.1, 0.15) is 36.3 Å². The zero-order valence-corrected chi connectivity index (χ0v) is 18.2. The maximum Gasteiger partial charge on any atom is 0.273 e. The lowest BCUT2D eigenvalue weighted by Gasteiger charge is -2.26. The molecule has 2 aliphatic heterocycles. The number of carbonyl (C=O) groups is 1. The number of benzene rings is 2. The van der Waals surface area contributed by atoms with Crippen LogP contribution >= 0.6 is 11.3 Å². The predicted molar refractivity (Wildman–Crippen MR) is 118 cm³/mol. The summed E-state index contributed by atoms with van der Waals surface area (Å²) in [7, 11) is 0. The molecule has 6 nitrogen and oxygen atoms in total. The van der Waals surface area contributed by atoms with Crippen molar-refractivity contribution in [2.45, 2.75) is 32.4 Å². The maximum atomic E-state index is 13.2. The van der Waals surface area contributed by atoms with E-state index in [9.17, 15) is 4.79 Å². The summed E-state index contributed by atoms with van der Waals surface area (Å²) in [5, 5.41) is 2.62. The van der Waals surface area contributed by atoms with Crippen molar-refractivity contribution in [2.75, 3.05) is 19.8 Å². The molecule has 1 saturated heterocycles. The van der Waals surface area contributed by atoms with Gasteiger partial charge in [-0.05, 0) is 49.6 Å². The third-order valence-electron chi connectivity index (χ3n) is 5.62. The average Bonchev–Trinajstić information content (AvgIpc) is 3.48. The summed E-state index contributed by atoms with van der Waals surface area (Å²) in [4.78, 5) is 19.7. The quantitative estimate of drug-likeness (QED) is 0.576. The molecule has 0 N–H and O–H groups in total. The second kappa shape index (κ2) is 8.59. The van der Waals surface area contributed by atoms with Crippen molar-refractivity contribution in [2.24, 2.45) is 0 Å². The second-order valence-corrected chi connectivity index (χ2v) is 8.73. The van der Waals surface area contributed by atoms with Gasteiger partial charge >= 0.3 is 0 Å². The average molecular weight is 437 g/mol. The molecule has 0 spiro atoms. The molecule has 2 aliphatic rings. The highest BCUT2D eigenvalue weighted by molar-refractivity contribution is 7.09. The summed E-state index contributed by atoms with van der Waals surface area (Å²) in [6.07, 6.45) is 1.90. The van der Waals surface area contributed by atoms with Gasteiger partial charge in [0.05, 0.1) is 6.04 Å². The zero-order chi connectivity index (χ0) is 21.2. The first-order chi connectivity index (χ1) is 15.2. The first-order valence-corrected chi connectivity index (χ1v) is 11.4. The number of hydrogen-bond donors (Lipinski definition) is 0. The molecule has 160 valence electrons. The number of ether oxygens (including phenoxy) is 3. The van der Waals surface area contributed by atoms with Gasteiger partial charge in [0, 0.05) is 11.9 Å². The van der Waals surface area contributed by atoms with Gasteiger partial charge in [0.25, 0.3) is 5.91 Å². The fourth-order valence-electron chi connectivity index (χ4n) is 4.03. The minimum atomic E-state index is -0.0322. The molecule has 1 aromatic heterocycles. The van der Waals surface area contributed by atoms with Crippen LogP contribution in [-0.2, 0) is 6.61 Å². The van der Waals surface area contributed by atoms with E-state index in [2.05, 4.69) is 4.98 Å². The molecule has 3 aromatic rings. The van der Waals surface area contributed by atoms with Crippen LogP contribution in [0.1, 0.15) is 45.5 Å². The van der Waals surface area contributed by atoms with Gasteiger partial charge in [0.2, 0.25) is 0 Å². The Morgan fingerprint density at radius 2 is 1.97 bits per heavy atom. The number of thiazole rings is 1. The number of likely N-dealkylation sites (tertiary alicyclic amines) is 1. The van der Waals surface area contributed by atoms with E-state index in [1.54, 1.807) is 0 Å². The summed E-state index contributed by atoms with van der Waals surface area (Å²) in [6, 6.07) is 13.9. The van der Waals surface area contributed by atoms with Crippen LogP contribution in [0.5, 0.6) is 17.2 Å². The molecule has 2 aromatic carbocycles. The van der Waals surface area contributed by atoms with Crippen LogP contribution in [-0.4, -0.2) is 35.5 Å². The Morgan fingerprint density at radius 3 is 2.81 bits per heavy atom. The van der Waals surface area contributed by atoms with Crippen LogP contribution in [0.2, 0.25) is 0 Å². The highest BCUT2D eigenvalue weighted by Gasteiger charge is 2.32. The van der Waals surface area contributed by atoms with E-state index in [4.69, 9.17) is 14.2 Å². The molecule has 1 atom stereocenters. The van der Waals surface area contributed by atoms with E-state index < -0.39 is 0 Å². The molecule has 0 bridgehead atoms. The minimum Gasteiger partial charge on any atom is -0.486 e. The van der Waals surface area contributed by atoms with Crippen molar-refractivity contribution in [3.63, 3.8) is 0 Å². The first kappa shape index (κ1) is 19.9. The topological polar surface area (TPSA) is 60.9 Å². The summed E-state index contributed by atoms with van der Waals surface area (Å²) >= 11 is 1.45. The van der Waals surface area contributed by atoms with E-state index in [1.807, 2.05) is 59.7 Å². The molecule has 0 unspecified atom stereocenters. The van der Waals surface area contributed by atoms with Crippen molar-refractivity contribution in [3.05, 3.63) is 69.7 Å². The van der Waals surface area contributed by atoms with Crippen molar-refractivity contribution in [3.8, 4) is 17.2 Å². The lowest BCUT2D eigenvalue weighted by atomic mass is 10.0. The Kier molecular flexibility index (Phi) is 5.51. The zero-order valence-electron chi connectivity index (χ0n) is 17.4. The number of rotatable bonds is 5. The maximum absolute atomic E-state index is 13.2. The normalized spacial score (nSPS) is 17.6. The number of aromatic nitrogens is 1. The fraction of sp³-hybridized carbons (Fsp3) is 0.333. The SMILES string of the molecule is Cc1ccc(OCc2nc(C(=O)N3CCC[C@@H]3c3ccc4c(c3)OCCO4)cs2)cc1. The monoisotopic (exact) mass is 436 g/mol. The van der Waals surface area contributed by atoms with Crippen LogP contribution in [0.4, 0.5) is 0 Å². The van der Waals surface area contributed by atoms with Gasteiger partial charge in [-0.25, -0.2) is 4.98 Å². The van der Waals surface area contributed by atoms with Gasteiger partial charge in [-0.15, -0.1) is 11.3 Å². The van der Waals surface area contributed by atoms with Gasteiger partial charge in [-0.1, -0.05) is 23.8 Å². The summed E-state index contributed by atoms with van der Waals surface area (Å²) in [6.45, 7) is 4.24. The van der Waals surface area contributed by atoms with Crippen molar-refractivity contribution in [1.82, 2.24) is 9.88 Å². The molecule has 5 rings (SSSR count). The number of nitrogens with zero attached hydrogens (tertiary/aromatic N) is 2. The van der Waals surface area contributed by atoms with Crippen molar-refractivity contribution >= 4 is 17.2 Å². The third-order valence-corrected chi connectivity index (χ3v) is 6.44. The number of aryl methyl sites for hydroxylation is 1. The summed E-state index contributed by atoms with van der Waals surface area (Å²) in [5.41, 5.74) is 2.75. The molecule has 0 aliphatic carbocycles. The van der Waals surface area contributed by atoms with Gasteiger partial charge in [-0.2, -0.15) is 0 Å². The number of carbonyl (C=O) groups excluding carboxylic acids is 1.